The number of likely N-dealkylation sites (tertiary alicyclic amines) is 1. The van der Waals surface area contributed by atoms with Gasteiger partial charge in [0.2, 0.25) is 5.56 Å². The summed E-state index contributed by atoms with van der Waals surface area (Å²) in [6, 6.07) is 11.9. The number of aromatic nitrogens is 1. The SMILES string of the molecule is Cc1cc(=O)[nH]cc1C(=O)N1CCC[C@@H]1CN(C)c1ccccc1. The largest absolute Gasteiger partial charge is 0.373 e. The number of nitrogens with zero attached hydrogens (tertiary/aromatic N) is 2. The van der Waals surface area contributed by atoms with Gasteiger partial charge in [0, 0.05) is 44.1 Å². The fraction of sp³-hybridized carbons (Fsp3) is 0.368. The van der Waals surface area contributed by atoms with Crippen LogP contribution >= 0.6 is 0 Å². The van der Waals surface area contributed by atoms with Gasteiger partial charge < -0.3 is 14.8 Å². The van der Waals surface area contributed by atoms with Crippen LogP contribution < -0.4 is 10.5 Å². The van der Waals surface area contributed by atoms with E-state index in [1.807, 2.05) is 30.0 Å². The van der Waals surface area contributed by atoms with Crippen molar-refractivity contribution in [1.82, 2.24) is 9.88 Å². The Labute approximate surface area is 141 Å². The zero-order chi connectivity index (χ0) is 17.1. The minimum atomic E-state index is -0.175. The molecule has 1 atom stereocenters. The molecule has 0 bridgehead atoms. The maximum absolute atomic E-state index is 12.9. The van der Waals surface area contributed by atoms with Gasteiger partial charge in [-0.25, -0.2) is 0 Å². The number of H-pyrrole nitrogens is 1. The lowest BCUT2D eigenvalue weighted by Crippen LogP contribution is -2.42. The first-order chi connectivity index (χ1) is 11.6. The van der Waals surface area contributed by atoms with Crippen molar-refractivity contribution in [3.8, 4) is 0 Å². The summed E-state index contributed by atoms with van der Waals surface area (Å²) in [7, 11) is 2.06. The second-order valence-electron chi connectivity index (χ2n) is 6.40. The number of rotatable bonds is 4. The number of para-hydroxylation sites is 1. The lowest BCUT2D eigenvalue weighted by atomic mass is 10.1. The van der Waals surface area contributed by atoms with E-state index in [2.05, 4.69) is 29.1 Å². The fourth-order valence-corrected chi connectivity index (χ4v) is 3.36. The first-order valence-corrected chi connectivity index (χ1v) is 8.33. The lowest BCUT2D eigenvalue weighted by Gasteiger charge is -2.30. The van der Waals surface area contributed by atoms with Gasteiger partial charge >= 0.3 is 0 Å². The molecule has 5 nitrogen and oxygen atoms in total. The number of hydrogen-bond donors (Lipinski definition) is 1. The Morgan fingerprint density at radius 1 is 1.33 bits per heavy atom. The van der Waals surface area contributed by atoms with Crippen molar-refractivity contribution in [3.05, 3.63) is 64.1 Å². The number of hydrogen-bond acceptors (Lipinski definition) is 3. The van der Waals surface area contributed by atoms with Gasteiger partial charge in [0.1, 0.15) is 0 Å². The number of carbonyl (C=O) groups excluding carboxylic acids is 1. The molecule has 24 heavy (non-hydrogen) atoms. The summed E-state index contributed by atoms with van der Waals surface area (Å²) < 4.78 is 0. The average molecular weight is 325 g/mol. The van der Waals surface area contributed by atoms with Gasteiger partial charge in [-0.2, -0.15) is 0 Å². The molecule has 1 aromatic carbocycles. The average Bonchev–Trinajstić information content (AvgIpc) is 3.03. The van der Waals surface area contributed by atoms with E-state index in [9.17, 15) is 9.59 Å². The first-order valence-electron chi connectivity index (χ1n) is 8.33. The van der Waals surface area contributed by atoms with Crippen LogP contribution in [0, 0.1) is 6.92 Å². The van der Waals surface area contributed by atoms with Crippen LogP contribution in [-0.4, -0.2) is 42.0 Å². The molecule has 0 radical (unpaired) electrons. The molecular weight excluding hydrogens is 302 g/mol. The third kappa shape index (κ3) is 3.35. The van der Waals surface area contributed by atoms with Crippen LogP contribution in [0.5, 0.6) is 0 Å². The summed E-state index contributed by atoms with van der Waals surface area (Å²) in [4.78, 5) is 31.0. The van der Waals surface area contributed by atoms with Gasteiger partial charge in [0.05, 0.1) is 5.56 Å². The van der Waals surface area contributed by atoms with E-state index in [1.165, 1.54) is 12.3 Å². The number of benzene rings is 1. The van der Waals surface area contributed by atoms with Crippen molar-refractivity contribution in [2.75, 3.05) is 25.0 Å². The number of likely N-dealkylation sites (N-methyl/N-ethyl adjacent to an activating group) is 1. The molecule has 0 unspecified atom stereocenters. The number of aryl methyl sites for hydroxylation is 1. The van der Waals surface area contributed by atoms with Crippen LogP contribution in [0.1, 0.15) is 28.8 Å². The van der Waals surface area contributed by atoms with Crippen LogP contribution in [0.25, 0.3) is 0 Å². The Bertz CT molecular complexity index is 770. The molecule has 2 aromatic rings. The molecule has 1 N–H and O–H groups in total. The maximum atomic E-state index is 12.9. The highest BCUT2D eigenvalue weighted by Gasteiger charge is 2.31. The summed E-state index contributed by atoms with van der Waals surface area (Å²) in [5.41, 5.74) is 2.29. The van der Waals surface area contributed by atoms with Crippen LogP contribution in [0.3, 0.4) is 0 Å². The molecule has 0 aliphatic carbocycles. The fourth-order valence-electron chi connectivity index (χ4n) is 3.36. The summed E-state index contributed by atoms with van der Waals surface area (Å²) in [5.74, 6) is 0.00714. The number of pyridine rings is 1. The maximum Gasteiger partial charge on any atom is 0.255 e. The Hall–Kier alpha value is -2.56. The van der Waals surface area contributed by atoms with E-state index in [0.717, 1.165) is 37.2 Å². The predicted molar refractivity (Wildman–Crippen MR) is 95.6 cm³/mol. The number of aromatic amines is 1. The van der Waals surface area contributed by atoms with Gasteiger partial charge in [-0.3, -0.25) is 9.59 Å². The van der Waals surface area contributed by atoms with Crippen LogP contribution in [-0.2, 0) is 0 Å². The van der Waals surface area contributed by atoms with Gasteiger partial charge in [0.25, 0.3) is 5.91 Å². The second kappa shape index (κ2) is 6.91. The zero-order valence-corrected chi connectivity index (χ0v) is 14.2. The Balaban J connectivity index is 1.75. The standard InChI is InChI=1S/C19H23N3O2/c1-14-11-18(23)20-12-17(14)19(24)22-10-6-9-16(22)13-21(2)15-7-4-3-5-8-15/h3-5,7-8,11-12,16H,6,9-10,13H2,1-2H3,(H,20,23)/t16-/m1/s1. The molecule has 0 saturated carbocycles. The summed E-state index contributed by atoms with van der Waals surface area (Å²) >= 11 is 0. The molecule has 126 valence electrons. The van der Waals surface area contributed by atoms with Crippen molar-refractivity contribution in [3.63, 3.8) is 0 Å². The number of amides is 1. The molecule has 1 fully saturated rings. The van der Waals surface area contributed by atoms with Gasteiger partial charge in [0.15, 0.2) is 0 Å². The van der Waals surface area contributed by atoms with Crippen molar-refractivity contribution in [2.24, 2.45) is 0 Å². The first kappa shape index (κ1) is 16.3. The molecule has 1 aromatic heterocycles. The molecular formula is C19H23N3O2. The Kier molecular flexibility index (Phi) is 4.69. The van der Waals surface area contributed by atoms with Gasteiger partial charge in [-0.15, -0.1) is 0 Å². The van der Waals surface area contributed by atoms with Crippen molar-refractivity contribution in [2.45, 2.75) is 25.8 Å². The van der Waals surface area contributed by atoms with Crippen LogP contribution in [0.2, 0.25) is 0 Å². The minimum absolute atomic E-state index is 0.00714. The van der Waals surface area contributed by atoms with E-state index in [-0.39, 0.29) is 17.5 Å². The lowest BCUT2D eigenvalue weighted by molar-refractivity contribution is 0.0739. The Morgan fingerprint density at radius 2 is 2.08 bits per heavy atom. The third-order valence-electron chi connectivity index (χ3n) is 4.68. The summed E-state index contributed by atoms with van der Waals surface area (Å²) in [6.45, 7) is 3.38. The molecule has 1 saturated heterocycles. The highest BCUT2D eigenvalue weighted by atomic mass is 16.2. The molecule has 3 rings (SSSR count). The number of carbonyl (C=O) groups is 1. The molecule has 0 spiro atoms. The summed E-state index contributed by atoms with van der Waals surface area (Å²) in [5, 5.41) is 0. The van der Waals surface area contributed by atoms with E-state index in [1.54, 1.807) is 0 Å². The predicted octanol–water partition coefficient (Wildman–Crippen LogP) is 2.42. The normalized spacial score (nSPS) is 17.1. The van der Waals surface area contributed by atoms with E-state index >= 15 is 0 Å². The number of nitrogens with one attached hydrogen (secondary N) is 1. The topological polar surface area (TPSA) is 56.4 Å². The number of anilines is 1. The molecule has 1 amide bonds. The molecule has 1 aliphatic heterocycles. The molecule has 1 aliphatic rings. The van der Waals surface area contributed by atoms with Crippen LogP contribution in [0.15, 0.2) is 47.4 Å². The molecule has 5 heteroatoms. The zero-order valence-electron chi connectivity index (χ0n) is 14.2. The van der Waals surface area contributed by atoms with Crippen molar-refractivity contribution in [1.29, 1.82) is 0 Å². The van der Waals surface area contributed by atoms with Crippen LogP contribution in [0.4, 0.5) is 5.69 Å². The second-order valence-corrected chi connectivity index (χ2v) is 6.40. The monoisotopic (exact) mass is 325 g/mol. The van der Waals surface area contributed by atoms with E-state index < -0.39 is 0 Å². The van der Waals surface area contributed by atoms with Gasteiger partial charge in [-0.05, 0) is 37.5 Å². The highest BCUT2D eigenvalue weighted by molar-refractivity contribution is 5.95. The van der Waals surface area contributed by atoms with Gasteiger partial charge in [-0.1, -0.05) is 18.2 Å². The smallest absolute Gasteiger partial charge is 0.255 e. The third-order valence-corrected chi connectivity index (χ3v) is 4.68. The van der Waals surface area contributed by atoms with E-state index in [0.29, 0.717) is 5.56 Å². The van der Waals surface area contributed by atoms with Crippen molar-refractivity contribution >= 4 is 11.6 Å². The summed E-state index contributed by atoms with van der Waals surface area (Å²) in [6.07, 6.45) is 3.56. The molecule has 2 heterocycles. The Morgan fingerprint density at radius 3 is 2.79 bits per heavy atom. The van der Waals surface area contributed by atoms with Crippen molar-refractivity contribution < 1.29 is 4.79 Å². The highest BCUT2D eigenvalue weighted by Crippen LogP contribution is 2.23. The van der Waals surface area contributed by atoms with E-state index in [4.69, 9.17) is 0 Å². The minimum Gasteiger partial charge on any atom is -0.373 e. The quantitative estimate of drug-likeness (QED) is 0.939.